The summed E-state index contributed by atoms with van der Waals surface area (Å²) in [7, 11) is 0. The Bertz CT molecular complexity index is 1070. The Labute approximate surface area is 149 Å². The number of rotatable bonds is 4. The van der Waals surface area contributed by atoms with Crippen molar-refractivity contribution < 1.29 is 4.74 Å². The van der Waals surface area contributed by atoms with E-state index in [-0.39, 0.29) is 5.88 Å². The van der Waals surface area contributed by atoms with Crippen LogP contribution in [0.5, 0.6) is 11.6 Å². The van der Waals surface area contributed by atoms with E-state index in [4.69, 9.17) is 10.5 Å². The zero-order valence-electron chi connectivity index (χ0n) is 14.0. The van der Waals surface area contributed by atoms with E-state index in [1.165, 1.54) is 6.33 Å². The van der Waals surface area contributed by atoms with Gasteiger partial charge in [0.05, 0.1) is 0 Å². The monoisotopic (exact) mass is 344 g/mol. The number of para-hydroxylation sites is 1. The number of ether oxygens (including phenoxy) is 1. The topological polar surface area (TPSA) is 98.8 Å². The van der Waals surface area contributed by atoms with Gasteiger partial charge in [-0.25, -0.2) is 9.97 Å². The van der Waals surface area contributed by atoms with Crippen LogP contribution in [-0.2, 0) is 0 Å². The molecule has 3 N–H and O–H groups in total. The van der Waals surface area contributed by atoms with Crippen molar-refractivity contribution in [3.63, 3.8) is 0 Å². The summed E-state index contributed by atoms with van der Waals surface area (Å²) in [6, 6.07) is 13.3. The van der Waals surface area contributed by atoms with E-state index in [2.05, 4.69) is 25.3 Å². The molecule has 0 bridgehead atoms. The Balaban J connectivity index is 1.69. The number of benzene rings is 1. The number of hydrogen-bond acceptors (Lipinski definition) is 7. The van der Waals surface area contributed by atoms with Crippen LogP contribution < -0.4 is 15.8 Å². The van der Waals surface area contributed by atoms with E-state index in [0.717, 1.165) is 22.3 Å². The molecule has 7 heteroatoms. The highest BCUT2D eigenvalue weighted by Gasteiger charge is 2.13. The van der Waals surface area contributed by atoms with Crippen LogP contribution >= 0.6 is 0 Å². The molecule has 3 heterocycles. The van der Waals surface area contributed by atoms with E-state index in [9.17, 15) is 0 Å². The van der Waals surface area contributed by atoms with Gasteiger partial charge < -0.3 is 15.8 Å². The second kappa shape index (κ2) is 6.64. The van der Waals surface area contributed by atoms with Gasteiger partial charge in [0.25, 0.3) is 0 Å². The number of nitrogens with one attached hydrogen (secondary N) is 1. The molecule has 0 saturated heterocycles. The largest absolute Gasteiger partial charge is 0.435 e. The minimum absolute atomic E-state index is 0.271. The van der Waals surface area contributed by atoms with Crippen molar-refractivity contribution in [2.45, 2.75) is 6.92 Å². The fraction of sp³-hybridized carbons (Fsp3) is 0.0526. The Morgan fingerprint density at radius 2 is 1.85 bits per heavy atom. The minimum atomic E-state index is 0.271. The van der Waals surface area contributed by atoms with Gasteiger partial charge in [-0.15, -0.1) is 0 Å². The second-order valence-electron chi connectivity index (χ2n) is 5.68. The van der Waals surface area contributed by atoms with Crippen molar-refractivity contribution >= 4 is 28.1 Å². The van der Waals surface area contributed by atoms with Crippen molar-refractivity contribution in [2.24, 2.45) is 0 Å². The lowest BCUT2D eigenvalue weighted by atomic mass is 10.2. The maximum Gasteiger partial charge on any atom is 0.248 e. The number of fused-ring (bicyclic) bond motifs is 1. The minimum Gasteiger partial charge on any atom is -0.435 e. The summed E-state index contributed by atoms with van der Waals surface area (Å²) < 4.78 is 5.96. The molecule has 0 aliphatic carbocycles. The van der Waals surface area contributed by atoms with Crippen molar-refractivity contribution in [1.82, 2.24) is 19.9 Å². The van der Waals surface area contributed by atoms with Crippen LogP contribution in [0.4, 0.5) is 17.2 Å². The standard InChI is InChI=1S/C19H16N6O/c1-12-5-6-13-3-2-4-15(17(13)24-12)26-19-16(20)18(22-11-23-19)25-14-7-9-21-10-8-14/h2-11H,20H2,1H3,(H,21,22,23,25). The smallest absolute Gasteiger partial charge is 0.248 e. The summed E-state index contributed by atoms with van der Waals surface area (Å²) in [6.45, 7) is 1.94. The van der Waals surface area contributed by atoms with Crippen LogP contribution in [0.2, 0.25) is 0 Å². The first-order chi connectivity index (χ1) is 12.7. The first-order valence-electron chi connectivity index (χ1n) is 8.02. The Hall–Kier alpha value is -3.74. The zero-order valence-corrected chi connectivity index (χ0v) is 14.0. The van der Waals surface area contributed by atoms with Gasteiger partial charge in [0.2, 0.25) is 5.88 Å². The van der Waals surface area contributed by atoms with Crippen molar-refractivity contribution in [2.75, 3.05) is 11.1 Å². The Morgan fingerprint density at radius 3 is 2.69 bits per heavy atom. The fourth-order valence-corrected chi connectivity index (χ4v) is 2.54. The first kappa shape index (κ1) is 15.8. The molecule has 0 amide bonds. The number of aromatic nitrogens is 4. The number of nitrogens with zero attached hydrogens (tertiary/aromatic N) is 4. The summed E-state index contributed by atoms with van der Waals surface area (Å²) in [4.78, 5) is 16.9. The molecule has 0 fully saturated rings. The van der Waals surface area contributed by atoms with Crippen molar-refractivity contribution in [3.05, 3.63) is 66.9 Å². The van der Waals surface area contributed by atoms with Crippen LogP contribution in [0, 0.1) is 6.92 Å². The number of nitrogen functional groups attached to an aromatic ring is 1. The van der Waals surface area contributed by atoms with Crippen LogP contribution in [0.15, 0.2) is 61.2 Å². The highest BCUT2D eigenvalue weighted by Crippen LogP contribution is 2.33. The number of hydrogen-bond donors (Lipinski definition) is 2. The molecule has 128 valence electrons. The van der Waals surface area contributed by atoms with Crippen LogP contribution in [0.3, 0.4) is 0 Å². The predicted octanol–water partition coefficient (Wildman–Crippen LogP) is 3.85. The van der Waals surface area contributed by atoms with Crippen LogP contribution in [0.25, 0.3) is 10.9 Å². The van der Waals surface area contributed by atoms with Gasteiger partial charge in [0, 0.05) is 29.2 Å². The SMILES string of the molecule is Cc1ccc2cccc(Oc3ncnc(Nc4ccncc4)c3N)c2n1. The first-order valence-corrected chi connectivity index (χ1v) is 8.02. The number of nitrogens with two attached hydrogens (primary N) is 1. The second-order valence-corrected chi connectivity index (χ2v) is 5.68. The maximum atomic E-state index is 6.20. The van der Waals surface area contributed by atoms with E-state index in [0.29, 0.717) is 17.3 Å². The van der Waals surface area contributed by atoms with Gasteiger partial charge in [-0.2, -0.15) is 4.98 Å². The molecule has 0 radical (unpaired) electrons. The third kappa shape index (κ3) is 3.10. The molecule has 0 aliphatic rings. The van der Waals surface area contributed by atoms with Crippen molar-refractivity contribution in [3.8, 4) is 11.6 Å². The fourth-order valence-electron chi connectivity index (χ4n) is 2.54. The summed E-state index contributed by atoms with van der Waals surface area (Å²) in [6.07, 6.45) is 4.77. The predicted molar refractivity (Wildman–Crippen MR) is 101 cm³/mol. The molecule has 0 spiro atoms. The number of aryl methyl sites for hydroxylation is 1. The molecule has 4 aromatic rings. The van der Waals surface area contributed by atoms with Gasteiger partial charge in [-0.3, -0.25) is 4.98 Å². The lowest BCUT2D eigenvalue weighted by Crippen LogP contribution is -2.03. The molecule has 0 unspecified atom stereocenters. The summed E-state index contributed by atoms with van der Waals surface area (Å²) in [5, 5.41) is 4.12. The lowest BCUT2D eigenvalue weighted by Gasteiger charge is -2.12. The van der Waals surface area contributed by atoms with E-state index in [1.54, 1.807) is 12.4 Å². The number of anilines is 3. The lowest BCUT2D eigenvalue weighted by molar-refractivity contribution is 0.469. The summed E-state index contributed by atoms with van der Waals surface area (Å²) in [5.41, 5.74) is 9.00. The summed E-state index contributed by atoms with van der Waals surface area (Å²) >= 11 is 0. The van der Waals surface area contributed by atoms with E-state index in [1.807, 2.05) is 49.4 Å². The van der Waals surface area contributed by atoms with E-state index < -0.39 is 0 Å². The highest BCUT2D eigenvalue weighted by molar-refractivity contribution is 5.85. The molecule has 7 nitrogen and oxygen atoms in total. The van der Waals surface area contributed by atoms with Crippen molar-refractivity contribution in [1.29, 1.82) is 0 Å². The Morgan fingerprint density at radius 1 is 1.00 bits per heavy atom. The van der Waals surface area contributed by atoms with Crippen LogP contribution in [-0.4, -0.2) is 19.9 Å². The van der Waals surface area contributed by atoms with Gasteiger partial charge in [0.1, 0.15) is 17.5 Å². The summed E-state index contributed by atoms with van der Waals surface area (Å²) in [5.74, 6) is 1.32. The molecule has 0 atom stereocenters. The molecule has 4 rings (SSSR count). The molecular formula is C19H16N6O. The highest BCUT2D eigenvalue weighted by atomic mass is 16.5. The van der Waals surface area contributed by atoms with Gasteiger partial charge in [0.15, 0.2) is 11.6 Å². The molecule has 26 heavy (non-hydrogen) atoms. The molecular weight excluding hydrogens is 328 g/mol. The van der Waals surface area contributed by atoms with Gasteiger partial charge in [-0.1, -0.05) is 18.2 Å². The molecule has 3 aromatic heterocycles. The average Bonchev–Trinajstić information content (AvgIpc) is 2.66. The molecule has 0 aliphatic heterocycles. The third-order valence-corrected chi connectivity index (χ3v) is 3.82. The van der Waals surface area contributed by atoms with Gasteiger partial charge in [-0.05, 0) is 31.2 Å². The molecule has 1 aromatic carbocycles. The average molecular weight is 344 g/mol. The molecule has 0 saturated carbocycles. The normalized spacial score (nSPS) is 10.7. The zero-order chi connectivity index (χ0) is 17.9. The quantitative estimate of drug-likeness (QED) is 0.580. The van der Waals surface area contributed by atoms with Crippen LogP contribution in [0.1, 0.15) is 5.69 Å². The number of pyridine rings is 2. The maximum absolute atomic E-state index is 6.20. The Kier molecular flexibility index (Phi) is 4.03. The van der Waals surface area contributed by atoms with Gasteiger partial charge >= 0.3 is 0 Å². The third-order valence-electron chi connectivity index (χ3n) is 3.82. The van der Waals surface area contributed by atoms with E-state index >= 15 is 0 Å².